The van der Waals surface area contributed by atoms with Crippen LogP contribution in [0.2, 0.25) is 5.02 Å². The maximum atomic E-state index is 12.4. The number of halogens is 1. The first kappa shape index (κ1) is 14.3. The Kier molecular flexibility index (Phi) is 3.62. The second-order valence-corrected chi connectivity index (χ2v) is 7.87. The van der Waals surface area contributed by atoms with Crippen molar-refractivity contribution in [2.45, 2.75) is 43.8 Å². The molecule has 1 heterocycles. The van der Waals surface area contributed by atoms with Crippen molar-refractivity contribution in [3.63, 3.8) is 0 Å². The van der Waals surface area contributed by atoms with Crippen molar-refractivity contribution < 1.29 is 12.8 Å². The van der Waals surface area contributed by atoms with E-state index in [1.165, 1.54) is 0 Å². The molecule has 0 N–H and O–H groups in total. The third-order valence-corrected chi connectivity index (χ3v) is 5.52. The molecule has 0 aliphatic carbocycles. The number of oxazole rings is 1. The Morgan fingerprint density at radius 3 is 2.37 bits per heavy atom. The molecular weight excluding hydrogens is 286 g/mol. The van der Waals surface area contributed by atoms with Gasteiger partial charge in [0, 0.05) is 5.92 Å². The smallest absolute Gasteiger partial charge is 0.198 e. The van der Waals surface area contributed by atoms with Gasteiger partial charge in [0.25, 0.3) is 0 Å². The predicted octanol–water partition coefficient (Wildman–Crippen LogP) is 3.79. The molecule has 0 unspecified atom stereocenters. The summed E-state index contributed by atoms with van der Waals surface area (Å²) in [5.74, 6) is 0.596. The van der Waals surface area contributed by atoms with E-state index in [2.05, 4.69) is 4.98 Å². The topological polar surface area (TPSA) is 60.2 Å². The molecule has 19 heavy (non-hydrogen) atoms. The number of sulfone groups is 1. The highest BCUT2D eigenvalue weighted by Crippen LogP contribution is 2.34. The van der Waals surface area contributed by atoms with Gasteiger partial charge in [-0.05, 0) is 26.0 Å². The number of hydrogen-bond acceptors (Lipinski definition) is 4. The van der Waals surface area contributed by atoms with Crippen LogP contribution in [0.1, 0.15) is 39.5 Å². The van der Waals surface area contributed by atoms with Crippen molar-refractivity contribution in [3.8, 4) is 0 Å². The van der Waals surface area contributed by atoms with Gasteiger partial charge in [-0.3, -0.25) is 0 Å². The van der Waals surface area contributed by atoms with Crippen LogP contribution in [-0.4, -0.2) is 18.7 Å². The highest BCUT2D eigenvalue weighted by molar-refractivity contribution is 7.92. The quantitative estimate of drug-likeness (QED) is 0.865. The number of nitrogens with zero attached hydrogens (tertiary/aromatic N) is 1. The van der Waals surface area contributed by atoms with Gasteiger partial charge in [-0.1, -0.05) is 25.4 Å². The lowest BCUT2D eigenvalue weighted by Gasteiger charge is -2.09. The number of aromatic nitrogens is 1. The average Bonchev–Trinajstić information content (AvgIpc) is 2.71. The monoisotopic (exact) mass is 301 g/mol. The molecule has 0 radical (unpaired) electrons. The molecule has 2 aromatic rings. The van der Waals surface area contributed by atoms with Gasteiger partial charge >= 0.3 is 0 Å². The molecule has 104 valence electrons. The molecule has 0 aliphatic rings. The van der Waals surface area contributed by atoms with Gasteiger partial charge in [-0.2, -0.15) is 0 Å². The largest absolute Gasteiger partial charge is 0.439 e. The van der Waals surface area contributed by atoms with Crippen LogP contribution in [0, 0.1) is 0 Å². The van der Waals surface area contributed by atoms with E-state index in [1.807, 2.05) is 13.8 Å². The van der Waals surface area contributed by atoms with E-state index in [-0.39, 0.29) is 21.4 Å². The van der Waals surface area contributed by atoms with Crippen molar-refractivity contribution in [1.82, 2.24) is 4.98 Å². The summed E-state index contributed by atoms with van der Waals surface area (Å²) in [5, 5.41) is -0.393. The summed E-state index contributed by atoms with van der Waals surface area (Å²) in [6.45, 7) is 7.10. The first-order valence-corrected chi connectivity index (χ1v) is 8.00. The Hall–Kier alpha value is -1.07. The van der Waals surface area contributed by atoms with Crippen LogP contribution < -0.4 is 0 Å². The van der Waals surface area contributed by atoms with E-state index in [9.17, 15) is 8.42 Å². The van der Waals surface area contributed by atoms with Gasteiger partial charge in [0.15, 0.2) is 21.3 Å². The van der Waals surface area contributed by atoms with E-state index in [1.54, 1.807) is 26.0 Å². The lowest BCUT2D eigenvalue weighted by molar-refractivity contribution is 0.495. The maximum absolute atomic E-state index is 12.4. The van der Waals surface area contributed by atoms with Crippen molar-refractivity contribution in [1.29, 1.82) is 0 Å². The summed E-state index contributed by atoms with van der Waals surface area (Å²) in [6.07, 6.45) is 0. The molecular formula is C13H16ClNO3S. The van der Waals surface area contributed by atoms with Gasteiger partial charge in [0.2, 0.25) is 0 Å². The SMILES string of the molecule is CC(C)c1nc2ccc(Cl)c(S(=O)(=O)C(C)C)c2o1. The zero-order valence-electron chi connectivity index (χ0n) is 11.3. The fourth-order valence-corrected chi connectivity index (χ4v) is 3.40. The Bertz CT molecular complexity index is 717. The van der Waals surface area contributed by atoms with Gasteiger partial charge in [0.05, 0.1) is 10.3 Å². The zero-order chi connectivity index (χ0) is 14.4. The van der Waals surface area contributed by atoms with Crippen LogP contribution >= 0.6 is 11.6 Å². The van der Waals surface area contributed by atoms with E-state index in [0.29, 0.717) is 11.4 Å². The molecule has 0 amide bonds. The second-order valence-electron chi connectivity index (χ2n) is 5.03. The zero-order valence-corrected chi connectivity index (χ0v) is 12.8. The first-order valence-electron chi connectivity index (χ1n) is 6.08. The van der Waals surface area contributed by atoms with Gasteiger partial charge in [-0.25, -0.2) is 13.4 Å². The molecule has 1 aromatic carbocycles. The van der Waals surface area contributed by atoms with E-state index < -0.39 is 15.1 Å². The standard InChI is InChI=1S/C13H16ClNO3S/c1-7(2)13-15-10-6-5-9(14)12(11(10)18-13)19(16,17)8(3)4/h5-8H,1-4H3. The van der Waals surface area contributed by atoms with Crippen LogP contribution in [0.5, 0.6) is 0 Å². The van der Waals surface area contributed by atoms with E-state index >= 15 is 0 Å². The Labute approximate surface area is 117 Å². The normalized spacial score (nSPS) is 12.8. The number of fused-ring (bicyclic) bond motifs is 1. The highest BCUT2D eigenvalue weighted by atomic mass is 35.5. The average molecular weight is 302 g/mol. The Morgan fingerprint density at radius 2 is 1.84 bits per heavy atom. The summed E-state index contributed by atoms with van der Waals surface area (Å²) < 4.78 is 30.4. The Morgan fingerprint density at radius 1 is 1.21 bits per heavy atom. The summed E-state index contributed by atoms with van der Waals surface area (Å²) >= 11 is 6.05. The molecule has 1 aromatic heterocycles. The van der Waals surface area contributed by atoms with Crippen LogP contribution in [0.3, 0.4) is 0 Å². The molecule has 0 aliphatic heterocycles. The molecule has 0 fully saturated rings. The highest BCUT2D eigenvalue weighted by Gasteiger charge is 2.28. The second kappa shape index (κ2) is 4.80. The van der Waals surface area contributed by atoms with Gasteiger partial charge in [0.1, 0.15) is 10.4 Å². The minimum absolute atomic E-state index is 0.0427. The number of rotatable bonds is 3. The lowest BCUT2D eigenvalue weighted by Crippen LogP contribution is -2.14. The third-order valence-electron chi connectivity index (χ3n) is 2.88. The molecule has 0 spiro atoms. The molecule has 2 rings (SSSR count). The number of benzene rings is 1. The lowest BCUT2D eigenvalue weighted by atomic mass is 10.2. The minimum Gasteiger partial charge on any atom is -0.439 e. The summed E-state index contributed by atoms with van der Waals surface area (Å²) in [7, 11) is -3.51. The van der Waals surface area contributed by atoms with Crippen molar-refractivity contribution >= 4 is 32.5 Å². The summed E-state index contributed by atoms with van der Waals surface area (Å²) in [6, 6.07) is 3.22. The van der Waals surface area contributed by atoms with Crippen LogP contribution in [-0.2, 0) is 9.84 Å². The van der Waals surface area contributed by atoms with Crippen molar-refractivity contribution in [2.75, 3.05) is 0 Å². The molecule has 0 saturated heterocycles. The molecule has 0 saturated carbocycles. The molecule has 0 atom stereocenters. The van der Waals surface area contributed by atoms with Crippen LogP contribution in [0.25, 0.3) is 11.1 Å². The predicted molar refractivity (Wildman–Crippen MR) is 75.4 cm³/mol. The van der Waals surface area contributed by atoms with Gasteiger partial charge in [-0.15, -0.1) is 0 Å². The molecule has 6 heteroatoms. The maximum Gasteiger partial charge on any atom is 0.198 e. The fourth-order valence-electron chi connectivity index (χ4n) is 1.71. The van der Waals surface area contributed by atoms with E-state index in [4.69, 9.17) is 16.0 Å². The van der Waals surface area contributed by atoms with E-state index in [0.717, 1.165) is 0 Å². The Balaban J connectivity index is 2.83. The van der Waals surface area contributed by atoms with Crippen molar-refractivity contribution in [2.24, 2.45) is 0 Å². The molecule has 4 nitrogen and oxygen atoms in total. The van der Waals surface area contributed by atoms with Crippen LogP contribution in [0.15, 0.2) is 21.4 Å². The summed E-state index contributed by atoms with van der Waals surface area (Å²) in [5.41, 5.74) is 0.775. The molecule has 0 bridgehead atoms. The number of hydrogen-bond donors (Lipinski definition) is 0. The minimum atomic E-state index is -3.51. The van der Waals surface area contributed by atoms with Gasteiger partial charge < -0.3 is 4.42 Å². The van der Waals surface area contributed by atoms with Crippen molar-refractivity contribution in [3.05, 3.63) is 23.0 Å². The third kappa shape index (κ3) is 2.37. The first-order chi connectivity index (χ1) is 8.75. The summed E-state index contributed by atoms with van der Waals surface area (Å²) in [4.78, 5) is 4.34. The van der Waals surface area contributed by atoms with Crippen LogP contribution in [0.4, 0.5) is 0 Å². The fraction of sp³-hybridized carbons (Fsp3) is 0.462.